The van der Waals surface area contributed by atoms with Gasteiger partial charge in [-0.3, -0.25) is 4.68 Å². The van der Waals surface area contributed by atoms with Crippen LogP contribution in [0, 0.1) is 0 Å². The molecule has 15 heavy (non-hydrogen) atoms. The van der Waals surface area contributed by atoms with Crippen LogP contribution >= 0.6 is 0 Å². The molecular weight excluding hydrogens is 194 g/mol. The van der Waals surface area contributed by atoms with E-state index in [0.29, 0.717) is 12.2 Å². The molecule has 7 nitrogen and oxygen atoms in total. The molecule has 7 heteroatoms. The van der Waals surface area contributed by atoms with Crippen molar-refractivity contribution in [3.8, 4) is 0 Å². The van der Waals surface area contributed by atoms with E-state index in [-0.39, 0.29) is 6.04 Å². The standard InChI is InChI=1S/C8H13N7/c1-14-4-3-7(11-14)6(9)5-8-10-13-15(2)12-8/h3-4,6H,5,9H2,1-2H3. The molecule has 0 saturated heterocycles. The van der Waals surface area contributed by atoms with Crippen LogP contribution in [0.25, 0.3) is 0 Å². The summed E-state index contributed by atoms with van der Waals surface area (Å²) in [4.78, 5) is 1.42. The predicted octanol–water partition coefficient (Wildman–Crippen LogP) is -0.814. The SMILES string of the molecule is Cn1ccc(C(N)Cc2nnn(C)n2)n1. The lowest BCUT2D eigenvalue weighted by atomic mass is 10.1. The fourth-order valence-electron chi connectivity index (χ4n) is 1.34. The van der Waals surface area contributed by atoms with Crippen molar-refractivity contribution in [1.82, 2.24) is 30.0 Å². The summed E-state index contributed by atoms with van der Waals surface area (Å²) in [6.45, 7) is 0. The van der Waals surface area contributed by atoms with Gasteiger partial charge in [-0.2, -0.15) is 9.90 Å². The molecule has 1 atom stereocenters. The van der Waals surface area contributed by atoms with Crippen LogP contribution in [0.1, 0.15) is 17.6 Å². The van der Waals surface area contributed by atoms with Crippen LogP contribution in [-0.4, -0.2) is 30.0 Å². The van der Waals surface area contributed by atoms with Gasteiger partial charge in [-0.25, -0.2) is 0 Å². The number of hydrogen-bond acceptors (Lipinski definition) is 5. The van der Waals surface area contributed by atoms with Gasteiger partial charge in [-0.1, -0.05) is 0 Å². The van der Waals surface area contributed by atoms with E-state index in [1.165, 1.54) is 4.80 Å². The van der Waals surface area contributed by atoms with Crippen molar-refractivity contribution in [3.63, 3.8) is 0 Å². The molecule has 2 aromatic heterocycles. The molecule has 2 aromatic rings. The summed E-state index contributed by atoms with van der Waals surface area (Å²) in [6, 6.07) is 1.71. The van der Waals surface area contributed by atoms with Crippen LogP contribution in [0.5, 0.6) is 0 Å². The van der Waals surface area contributed by atoms with E-state index in [4.69, 9.17) is 5.73 Å². The Labute approximate surface area is 86.9 Å². The summed E-state index contributed by atoms with van der Waals surface area (Å²) in [7, 11) is 3.58. The minimum absolute atomic E-state index is 0.185. The van der Waals surface area contributed by atoms with Crippen molar-refractivity contribution in [2.45, 2.75) is 12.5 Å². The highest BCUT2D eigenvalue weighted by Crippen LogP contribution is 2.10. The van der Waals surface area contributed by atoms with Crippen LogP contribution in [0.2, 0.25) is 0 Å². The molecule has 0 fully saturated rings. The predicted molar refractivity (Wildman–Crippen MR) is 52.6 cm³/mol. The normalized spacial score (nSPS) is 13.0. The fraction of sp³-hybridized carbons (Fsp3) is 0.500. The molecule has 0 aromatic carbocycles. The zero-order chi connectivity index (χ0) is 10.8. The molecule has 0 bridgehead atoms. The molecule has 0 spiro atoms. The highest BCUT2D eigenvalue weighted by atomic mass is 15.6. The second kappa shape index (κ2) is 3.77. The van der Waals surface area contributed by atoms with Crippen LogP contribution < -0.4 is 5.73 Å². The number of rotatable bonds is 3. The number of tetrazole rings is 1. The molecule has 0 saturated carbocycles. The topological polar surface area (TPSA) is 87.4 Å². The third-order valence-electron chi connectivity index (χ3n) is 2.07. The maximum atomic E-state index is 5.96. The Hall–Kier alpha value is -1.76. The van der Waals surface area contributed by atoms with Crippen molar-refractivity contribution in [3.05, 3.63) is 23.8 Å². The first-order valence-corrected chi connectivity index (χ1v) is 4.63. The number of aromatic nitrogens is 6. The van der Waals surface area contributed by atoms with Gasteiger partial charge in [0.1, 0.15) is 0 Å². The van der Waals surface area contributed by atoms with Crippen molar-refractivity contribution >= 4 is 0 Å². The van der Waals surface area contributed by atoms with Crippen LogP contribution in [-0.2, 0) is 20.5 Å². The second-order valence-electron chi connectivity index (χ2n) is 3.42. The largest absolute Gasteiger partial charge is 0.322 e. The van der Waals surface area contributed by atoms with Crippen molar-refractivity contribution in [2.75, 3.05) is 0 Å². The highest BCUT2D eigenvalue weighted by Gasteiger charge is 2.12. The van der Waals surface area contributed by atoms with Crippen molar-refractivity contribution in [1.29, 1.82) is 0 Å². The Balaban J connectivity index is 2.06. The maximum absolute atomic E-state index is 5.96. The maximum Gasteiger partial charge on any atom is 0.176 e. The van der Waals surface area contributed by atoms with E-state index < -0.39 is 0 Å². The Morgan fingerprint density at radius 2 is 2.20 bits per heavy atom. The Kier molecular flexibility index (Phi) is 2.46. The van der Waals surface area contributed by atoms with Gasteiger partial charge >= 0.3 is 0 Å². The Bertz CT molecular complexity index is 443. The van der Waals surface area contributed by atoms with E-state index in [9.17, 15) is 0 Å². The summed E-state index contributed by atoms with van der Waals surface area (Å²) in [5.41, 5.74) is 6.79. The molecule has 0 radical (unpaired) electrons. The average Bonchev–Trinajstić information content (AvgIpc) is 2.75. The fourth-order valence-corrected chi connectivity index (χ4v) is 1.34. The van der Waals surface area contributed by atoms with Crippen LogP contribution in [0.4, 0.5) is 0 Å². The third kappa shape index (κ3) is 2.18. The smallest absolute Gasteiger partial charge is 0.176 e. The average molecular weight is 207 g/mol. The first kappa shape index (κ1) is 9.78. The Morgan fingerprint density at radius 1 is 1.40 bits per heavy atom. The number of aryl methyl sites for hydroxylation is 2. The summed E-state index contributed by atoms with van der Waals surface area (Å²) < 4.78 is 1.72. The molecule has 2 N–H and O–H groups in total. The van der Waals surface area contributed by atoms with Gasteiger partial charge in [-0.15, -0.1) is 10.2 Å². The van der Waals surface area contributed by atoms with Gasteiger partial charge in [0.25, 0.3) is 0 Å². The minimum Gasteiger partial charge on any atom is -0.322 e. The molecular formula is C8H13N7. The minimum atomic E-state index is -0.185. The molecule has 0 aliphatic carbocycles. The quantitative estimate of drug-likeness (QED) is 0.711. The van der Waals surface area contributed by atoms with Crippen molar-refractivity contribution < 1.29 is 0 Å². The summed E-state index contributed by atoms with van der Waals surface area (Å²) >= 11 is 0. The molecule has 2 heterocycles. The highest BCUT2D eigenvalue weighted by molar-refractivity contribution is 5.06. The van der Waals surface area contributed by atoms with Gasteiger partial charge in [-0.05, 0) is 11.3 Å². The molecule has 0 amide bonds. The molecule has 2 rings (SSSR count). The zero-order valence-electron chi connectivity index (χ0n) is 8.70. The first-order chi connectivity index (χ1) is 7.15. The lowest BCUT2D eigenvalue weighted by Gasteiger charge is -2.04. The van der Waals surface area contributed by atoms with Gasteiger partial charge in [0.15, 0.2) is 5.82 Å². The third-order valence-corrected chi connectivity index (χ3v) is 2.07. The van der Waals surface area contributed by atoms with Gasteiger partial charge in [0.05, 0.1) is 18.8 Å². The number of nitrogens with two attached hydrogens (primary N) is 1. The van der Waals surface area contributed by atoms with Gasteiger partial charge in [0, 0.05) is 19.7 Å². The van der Waals surface area contributed by atoms with E-state index in [1.807, 2.05) is 19.3 Å². The monoisotopic (exact) mass is 207 g/mol. The van der Waals surface area contributed by atoms with Gasteiger partial charge in [0.2, 0.25) is 0 Å². The zero-order valence-corrected chi connectivity index (χ0v) is 8.70. The summed E-state index contributed by atoms with van der Waals surface area (Å²) in [6.07, 6.45) is 2.41. The lowest BCUT2D eigenvalue weighted by Crippen LogP contribution is -2.15. The number of nitrogens with zero attached hydrogens (tertiary/aromatic N) is 6. The van der Waals surface area contributed by atoms with E-state index in [2.05, 4.69) is 20.5 Å². The van der Waals surface area contributed by atoms with E-state index >= 15 is 0 Å². The van der Waals surface area contributed by atoms with Crippen LogP contribution in [0.3, 0.4) is 0 Å². The molecule has 1 unspecified atom stereocenters. The summed E-state index contributed by atoms with van der Waals surface area (Å²) in [5, 5.41) is 15.9. The molecule has 0 aliphatic rings. The van der Waals surface area contributed by atoms with Crippen LogP contribution in [0.15, 0.2) is 12.3 Å². The van der Waals surface area contributed by atoms with E-state index in [0.717, 1.165) is 5.69 Å². The number of hydrogen-bond donors (Lipinski definition) is 1. The van der Waals surface area contributed by atoms with E-state index in [1.54, 1.807) is 11.7 Å². The Morgan fingerprint density at radius 3 is 2.73 bits per heavy atom. The molecule has 80 valence electrons. The summed E-state index contributed by atoms with van der Waals surface area (Å²) in [5.74, 6) is 0.635. The first-order valence-electron chi connectivity index (χ1n) is 4.63. The lowest BCUT2D eigenvalue weighted by molar-refractivity contribution is 0.616. The molecule has 0 aliphatic heterocycles. The second-order valence-corrected chi connectivity index (χ2v) is 3.42. The van der Waals surface area contributed by atoms with Crippen molar-refractivity contribution in [2.24, 2.45) is 19.8 Å². The van der Waals surface area contributed by atoms with Gasteiger partial charge < -0.3 is 5.73 Å².